The minimum atomic E-state index is 0.158. The summed E-state index contributed by atoms with van der Waals surface area (Å²) >= 11 is 0. The van der Waals surface area contributed by atoms with E-state index in [0.29, 0.717) is 17.3 Å². The van der Waals surface area contributed by atoms with Gasteiger partial charge in [0.2, 0.25) is 5.91 Å². The zero-order valence-corrected chi connectivity index (χ0v) is 13.0. The van der Waals surface area contributed by atoms with E-state index in [4.69, 9.17) is 0 Å². The molecule has 21 heavy (non-hydrogen) atoms. The highest BCUT2D eigenvalue weighted by Gasteiger charge is 2.60. The largest absolute Gasteiger partial charge is 0.323 e. The molecule has 4 saturated carbocycles. The summed E-state index contributed by atoms with van der Waals surface area (Å²) in [6.45, 7) is 4.91. The molecule has 1 aromatic rings. The number of hydrogen-bond acceptors (Lipinski definition) is 2. The Balaban J connectivity index is 1.53. The predicted molar refractivity (Wildman–Crippen MR) is 81.7 cm³/mol. The van der Waals surface area contributed by atoms with E-state index in [1.165, 1.54) is 38.5 Å². The molecule has 4 fully saturated rings. The second-order valence-corrected chi connectivity index (χ2v) is 8.84. The van der Waals surface area contributed by atoms with Crippen LogP contribution in [-0.2, 0) is 4.79 Å². The third-order valence-corrected chi connectivity index (χ3v) is 6.06. The molecule has 4 aliphatic rings. The summed E-state index contributed by atoms with van der Waals surface area (Å²) in [4.78, 5) is 12.5. The summed E-state index contributed by atoms with van der Waals surface area (Å²) in [7, 11) is 0. The monoisotopic (exact) mass is 287 g/mol. The first kappa shape index (κ1) is 13.4. The van der Waals surface area contributed by atoms with Crippen molar-refractivity contribution in [1.29, 1.82) is 0 Å². The Morgan fingerprint density at radius 2 is 2.00 bits per heavy atom. The average Bonchev–Trinajstić information content (AvgIpc) is 2.74. The topological polar surface area (TPSA) is 57.8 Å². The molecule has 0 aliphatic heterocycles. The summed E-state index contributed by atoms with van der Waals surface area (Å²) in [5.74, 6) is 1.00. The number of nitrogens with zero attached hydrogens (tertiary/aromatic N) is 1. The van der Waals surface area contributed by atoms with Crippen LogP contribution < -0.4 is 5.32 Å². The maximum absolute atomic E-state index is 12.5. The molecule has 2 unspecified atom stereocenters. The van der Waals surface area contributed by atoms with Gasteiger partial charge in [0.05, 0.1) is 11.9 Å². The average molecular weight is 287 g/mol. The fourth-order valence-electron chi connectivity index (χ4n) is 6.75. The Morgan fingerprint density at radius 1 is 1.29 bits per heavy atom. The molecule has 4 bridgehead atoms. The number of aromatic nitrogens is 2. The van der Waals surface area contributed by atoms with Crippen molar-refractivity contribution >= 4 is 11.6 Å². The van der Waals surface area contributed by atoms with E-state index in [0.717, 1.165) is 11.6 Å². The number of carbonyl (C=O) groups excluding carboxylic acids is 1. The van der Waals surface area contributed by atoms with Gasteiger partial charge >= 0.3 is 0 Å². The lowest BCUT2D eigenvalue weighted by molar-refractivity contribution is -0.153. The Kier molecular flexibility index (Phi) is 2.61. The van der Waals surface area contributed by atoms with Gasteiger partial charge in [0.15, 0.2) is 0 Å². The van der Waals surface area contributed by atoms with Crippen molar-refractivity contribution in [3.8, 4) is 0 Å². The number of anilines is 1. The Hall–Kier alpha value is -1.32. The predicted octanol–water partition coefficient (Wildman–Crippen LogP) is 3.73. The second kappa shape index (κ2) is 4.11. The number of hydrogen-bond donors (Lipinski definition) is 2. The van der Waals surface area contributed by atoms with Crippen LogP contribution in [0.5, 0.6) is 0 Å². The first-order valence-electron chi connectivity index (χ1n) is 8.17. The lowest BCUT2D eigenvalue weighted by Gasteiger charge is -2.65. The highest BCUT2D eigenvalue weighted by Crippen LogP contribution is 2.70. The molecule has 4 heteroatoms. The standard InChI is InChI=1S/C17H25N3O/c1-15-3-12-4-16(2,9-15)11-17(5-12,10-15)6-14(21)20-13-7-18-19-8-13/h7-8,12H,3-6,9-11H2,1-2H3,(H,18,19)(H,20,21). The zero-order valence-electron chi connectivity index (χ0n) is 13.0. The number of amides is 1. The van der Waals surface area contributed by atoms with E-state index in [-0.39, 0.29) is 11.3 Å². The Labute approximate surface area is 126 Å². The minimum Gasteiger partial charge on any atom is -0.323 e. The molecule has 5 rings (SSSR count). The smallest absolute Gasteiger partial charge is 0.225 e. The molecule has 0 spiro atoms. The van der Waals surface area contributed by atoms with Crippen LogP contribution in [0.3, 0.4) is 0 Å². The van der Waals surface area contributed by atoms with E-state index in [9.17, 15) is 4.79 Å². The fourth-order valence-corrected chi connectivity index (χ4v) is 6.75. The number of rotatable bonds is 3. The molecule has 114 valence electrons. The van der Waals surface area contributed by atoms with E-state index < -0.39 is 0 Å². The van der Waals surface area contributed by atoms with E-state index in [2.05, 4.69) is 29.4 Å². The van der Waals surface area contributed by atoms with E-state index >= 15 is 0 Å². The van der Waals surface area contributed by atoms with Crippen molar-refractivity contribution in [1.82, 2.24) is 10.2 Å². The van der Waals surface area contributed by atoms with Gasteiger partial charge < -0.3 is 5.32 Å². The van der Waals surface area contributed by atoms with Crippen LogP contribution in [0, 0.1) is 22.2 Å². The molecule has 0 radical (unpaired) electrons. The fraction of sp³-hybridized carbons (Fsp3) is 0.765. The van der Waals surface area contributed by atoms with Gasteiger partial charge in [-0.15, -0.1) is 0 Å². The van der Waals surface area contributed by atoms with Gasteiger partial charge in [-0.3, -0.25) is 9.89 Å². The van der Waals surface area contributed by atoms with Crippen molar-refractivity contribution in [3.63, 3.8) is 0 Å². The molecule has 4 nitrogen and oxygen atoms in total. The van der Waals surface area contributed by atoms with Gasteiger partial charge in [-0.25, -0.2) is 0 Å². The van der Waals surface area contributed by atoms with Crippen LogP contribution in [0.1, 0.15) is 58.8 Å². The zero-order chi connectivity index (χ0) is 14.7. The Bertz CT molecular complexity index is 547. The van der Waals surface area contributed by atoms with Crippen molar-refractivity contribution in [2.24, 2.45) is 22.2 Å². The Morgan fingerprint density at radius 3 is 2.57 bits per heavy atom. The molecule has 1 aromatic heterocycles. The van der Waals surface area contributed by atoms with Gasteiger partial charge in [0.1, 0.15) is 0 Å². The van der Waals surface area contributed by atoms with Gasteiger partial charge in [-0.2, -0.15) is 5.10 Å². The van der Waals surface area contributed by atoms with Crippen LogP contribution in [0.4, 0.5) is 5.69 Å². The summed E-state index contributed by atoms with van der Waals surface area (Å²) in [5, 5.41) is 9.62. The molecular formula is C17H25N3O. The SMILES string of the molecule is CC12CC3CC(C)(C1)CC(CC(=O)Nc1cn[nH]c1)(C3)C2. The lowest BCUT2D eigenvalue weighted by atomic mass is 9.40. The molecule has 2 N–H and O–H groups in total. The minimum absolute atomic E-state index is 0.158. The maximum atomic E-state index is 12.5. The van der Waals surface area contributed by atoms with Gasteiger partial charge in [-0.05, 0) is 60.7 Å². The van der Waals surface area contributed by atoms with Crippen LogP contribution in [0.25, 0.3) is 0 Å². The third kappa shape index (κ3) is 2.29. The molecule has 0 aromatic carbocycles. The highest BCUT2D eigenvalue weighted by atomic mass is 16.1. The van der Waals surface area contributed by atoms with Gasteiger partial charge in [-0.1, -0.05) is 13.8 Å². The summed E-state index contributed by atoms with van der Waals surface area (Å²) < 4.78 is 0. The first-order valence-corrected chi connectivity index (χ1v) is 8.17. The normalized spacial score (nSPS) is 44.0. The molecule has 1 amide bonds. The van der Waals surface area contributed by atoms with E-state index in [1.54, 1.807) is 12.4 Å². The molecule has 2 atom stereocenters. The van der Waals surface area contributed by atoms with Crippen LogP contribution in [0.15, 0.2) is 12.4 Å². The highest BCUT2D eigenvalue weighted by molar-refractivity contribution is 5.90. The molecule has 0 saturated heterocycles. The number of H-pyrrole nitrogens is 1. The van der Waals surface area contributed by atoms with Crippen LogP contribution in [0.2, 0.25) is 0 Å². The van der Waals surface area contributed by atoms with Crippen molar-refractivity contribution in [3.05, 3.63) is 12.4 Å². The van der Waals surface area contributed by atoms with Crippen molar-refractivity contribution in [2.45, 2.75) is 58.8 Å². The summed E-state index contributed by atoms with van der Waals surface area (Å²) in [5.41, 5.74) is 1.98. The second-order valence-electron chi connectivity index (χ2n) is 8.84. The lowest BCUT2D eigenvalue weighted by Crippen LogP contribution is -2.55. The van der Waals surface area contributed by atoms with Crippen molar-refractivity contribution < 1.29 is 4.79 Å². The van der Waals surface area contributed by atoms with Crippen LogP contribution >= 0.6 is 0 Å². The molecule has 1 heterocycles. The third-order valence-electron chi connectivity index (χ3n) is 6.06. The van der Waals surface area contributed by atoms with Gasteiger partial charge in [0.25, 0.3) is 0 Å². The summed E-state index contributed by atoms with van der Waals surface area (Å²) in [6, 6.07) is 0. The first-order chi connectivity index (χ1) is 9.88. The maximum Gasteiger partial charge on any atom is 0.225 e. The van der Waals surface area contributed by atoms with Crippen LogP contribution in [-0.4, -0.2) is 16.1 Å². The molecular weight excluding hydrogens is 262 g/mol. The van der Waals surface area contributed by atoms with Crippen molar-refractivity contribution in [2.75, 3.05) is 5.32 Å². The molecule has 4 aliphatic carbocycles. The number of nitrogens with one attached hydrogen (secondary N) is 2. The summed E-state index contributed by atoms with van der Waals surface area (Å²) in [6.07, 6.45) is 12.0. The quantitative estimate of drug-likeness (QED) is 0.890. The van der Waals surface area contributed by atoms with Gasteiger partial charge in [0, 0.05) is 12.6 Å². The van der Waals surface area contributed by atoms with E-state index in [1.807, 2.05) is 0 Å². The number of aromatic amines is 1. The number of carbonyl (C=O) groups is 1.